The summed E-state index contributed by atoms with van der Waals surface area (Å²) in [6, 6.07) is 0.415. The van der Waals surface area contributed by atoms with Crippen LogP contribution in [-0.4, -0.2) is 43.0 Å². The first kappa shape index (κ1) is 10.5. The summed E-state index contributed by atoms with van der Waals surface area (Å²) in [6.45, 7) is 3.49. The Morgan fingerprint density at radius 1 is 1.69 bits per heavy atom. The highest BCUT2D eigenvalue weighted by Gasteiger charge is 2.28. The second-order valence-electron chi connectivity index (χ2n) is 3.69. The van der Waals surface area contributed by atoms with Crippen LogP contribution in [0.2, 0.25) is 0 Å². The molecule has 2 unspecified atom stereocenters. The van der Waals surface area contributed by atoms with Crippen molar-refractivity contribution in [2.45, 2.75) is 31.8 Å². The number of rotatable bonds is 2. The van der Waals surface area contributed by atoms with Crippen molar-refractivity contribution in [3.05, 3.63) is 0 Å². The third kappa shape index (κ3) is 2.42. The summed E-state index contributed by atoms with van der Waals surface area (Å²) in [5.41, 5.74) is 5.47. The Balaban J connectivity index is 2.66. The average molecular weight is 185 g/mol. The Morgan fingerprint density at radius 2 is 2.38 bits per heavy atom. The minimum Gasteiger partial charge on any atom is -0.355 e. The highest BCUT2D eigenvalue weighted by molar-refractivity contribution is 5.82. The SMILES string of the molecule is CC1CCNC(=O)C(CCN)N1C. The molecule has 0 spiro atoms. The van der Waals surface area contributed by atoms with Gasteiger partial charge in [-0.3, -0.25) is 9.69 Å². The molecular weight excluding hydrogens is 166 g/mol. The second-order valence-corrected chi connectivity index (χ2v) is 3.69. The van der Waals surface area contributed by atoms with Crippen LogP contribution >= 0.6 is 0 Å². The van der Waals surface area contributed by atoms with Gasteiger partial charge in [-0.05, 0) is 33.4 Å². The maximum atomic E-state index is 11.6. The number of hydrogen-bond donors (Lipinski definition) is 2. The van der Waals surface area contributed by atoms with Crippen LogP contribution in [0.5, 0.6) is 0 Å². The molecule has 0 bridgehead atoms. The number of hydrogen-bond acceptors (Lipinski definition) is 3. The zero-order chi connectivity index (χ0) is 9.84. The van der Waals surface area contributed by atoms with E-state index in [1.165, 1.54) is 0 Å². The van der Waals surface area contributed by atoms with Crippen molar-refractivity contribution in [3.63, 3.8) is 0 Å². The molecule has 4 heteroatoms. The molecule has 1 heterocycles. The summed E-state index contributed by atoms with van der Waals surface area (Å²) in [5.74, 6) is 0.123. The highest BCUT2D eigenvalue weighted by Crippen LogP contribution is 2.11. The van der Waals surface area contributed by atoms with E-state index in [0.717, 1.165) is 19.4 Å². The van der Waals surface area contributed by atoms with E-state index in [1.807, 2.05) is 7.05 Å². The summed E-state index contributed by atoms with van der Waals surface area (Å²) in [5, 5.41) is 2.90. The maximum absolute atomic E-state index is 11.6. The molecule has 0 aromatic rings. The van der Waals surface area contributed by atoms with E-state index in [2.05, 4.69) is 17.1 Å². The normalized spacial score (nSPS) is 31.2. The van der Waals surface area contributed by atoms with Crippen LogP contribution in [-0.2, 0) is 4.79 Å². The first-order chi connectivity index (χ1) is 6.16. The topological polar surface area (TPSA) is 58.4 Å². The number of likely N-dealkylation sites (N-methyl/N-ethyl adjacent to an activating group) is 1. The van der Waals surface area contributed by atoms with Crippen LogP contribution in [0.1, 0.15) is 19.8 Å². The van der Waals surface area contributed by atoms with E-state index < -0.39 is 0 Å². The fourth-order valence-electron chi connectivity index (χ4n) is 1.71. The van der Waals surface area contributed by atoms with Gasteiger partial charge in [0.15, 0.2) is 0 Å². The highest BCUT2D eigenvalue weighted by atomic mass is 16.2. The van der Waals surface area contributed by atoms with E-state index in [-0.39, 0.29) is 11.9 Å². The average Bonchev–Trinajstić information content (AvgIpc) is 2.21. The maximum Gasteiger partial charge on any atom is 0.237 e. The van der Waals surface area contributed by atoms with Crippen molar-refractivity contribution in [2.24, 2.45) is 5.73 Å². The molecule has 1 fully saturated rings. The monoisotopic (exact) mass is 185 g/mol. The van der Waals surface area contributed by atoms with E-state index >= 15 is 0 Å². The largest absolute Gasteiger partial charge is 0.355 e. The molecule has 13 heavy (non-hydrogen) atoms. The molecule has 1 aliphatic rings. The lowest BCUT2D eigenvalue weighted by molar-refractivity contribution is -0.125. The first-order valence-electron chi connectivity index (χ1n) is 4.86. The first-order valence-corrected chi connectivity index (χ1v) is 4.86. The summed E-state index contributed by atoms with van der Waals surface area (Å²) in [6.07, 6.45) is 1.76. The van der Waals surface area contributed by atoms with Crippen molar-refractivity contribution in [3.8, 4) is 0 Å². The van der Waals surface area contributed by atoms with Crippen LogP contribution in [0.3, 0.4) is 0 Å². The predicted octanol–water partition coefficient (Wildman–Crippen LogP) is -0.456. The molecule has 0 aromatic carbocycles. The lowest BCUT2D eigenvalue weighted by Crippen LogP contribution is -2.45. The van der Waals surface area contributed by atoms with Gasteiger partial charge in [-0.15, -0.1) is 0 Å². The van der Waals surface area contributed by atoms with Crippen LogP contribution in [0.4, 0.5) is 0 Å². The standard InChI is InChI=1S/C9H19N3O/c1-7-4-6-11-9(13)8(3-5-10)12(7)2/h7-8H,3-6,10H2,1-2H3,(H,11,13). The van der Waals surface area contributed by atoms with E-state index in [1.54, 1.807) is 0 Å². The van der Waals surface area contributed by atoms with E-state index in [9.17, 15) is 4.79 Å². The van der Waals surface area contributed by atoms with Crippen molar-refractivity contribution in [2.75, 3.05) is 20.1 Å². The lowest BCUT2D eigenvalue weighted by Gasteiger charge is -2.28. The van der Waals surface area contributed by atoms with Gasteiger partial charge in [-0.2, -0.15) is 0 Å². The number of nitrogens with two attached hydrogens (primary N) is 1. The molecule has 1 rings (SSSR count). The molecule has 2 atom stereocenters. The van der Waals surface area contributed by atoms with Gasteiger partial charge in [-0.25, -0.2) is 0 Å². The number of nitrogens with one attached hydrogen (secondary N) is 1. The van der Waals surface area contributed by atoms with Gasteiger partial charge in [0.25, 0.3) is 0 Å². The minimum atomic E-state index is -0.0394. The van der Waals surface area contributed by atoms with E-state index in [0.29, 0.717) is 12.6 Å². The summed E-state index contributed by atoms with van der Waals surface area (Å²) in [7, 11) is 2.00. The van der Waals surface area contributed by atoms with Crippen molar-refractivity contribution in [1.29, 1.82) is 0 Å². The van der Waals surface area contributed by atoms with Crippen molar-refractivity contribution >= 4 is 5.91 Å². The summed E-state index contributed by atoms with van der Waals surface area (Å²) < 4.78 is 0. The van der Waals surface area contributed by atoms with Crippen LogP contribution in [0.25, 0.3) is 0 Å². The molecule has 3 N–H and O–H groups in total. The molecule has 76 valence electrons. The Hall–Kier alpha value is -0.610. The van der Waals surface area contributed by atoms with E-state index in [4.69, 9.17) is 5.73 Å². The Kier molecular flexibility index (Phi) is 3.69. The van der Waals surface area contributed by atoms with Gasteiger partial charge in [0.2, 0.25) is 5.91 Å². The molecule has 0 saturated carbocycles. The molecule has 0 aromatic heterocycles. The molecule has 0 radical (unpaired) electrons. The van der Waals surface area contributed by atoms with Crippen LogP contribution < -0.4 is 11.1 Å². The Morgan fingerprint density at radius 3 is 3.00 bits per heavy atom. The number of amides is 1. The molecule has 1 saturated heterocycles. The lowest BCUT2D eigenvalue weighted by atomic mass is 10.1. The third-order valence-electron chi connectivity index (χ3n) is 2.79. The fraction of sp³-hybridized carbons (Fsp3) is 0.889. The Labute approximate surface area is 79.5 Å². The second kappa shape index (κ2) is 4.58. The zero-order valence-electron chi connectivity index (χ0n) is 8.42. The van der Waals surface area contributed by atoms with Gasteiger partial charge >= 0.3 is 0 Å². The van der Waals surface area contributed by atoms with Gasteiger partial charge in [0, 0.05) is 12.6 Å². The molecular formula is C9H19N3O. The molecule has 1 amide bonds. The number of carbonyl (C=O) groups excluding carboxylic acids is 1. The number of carbonyl (C=O) groups is 1. The fourth-order valence-corrected chi connectivity index (χ4v) is 1.71. The van der Waals surface area contributed by atoms with Gasteiger partial charge in [0.05, 0.1) is 6.04 Å². The zero-order valence-corrected chi connectivity index (χ0v) is 8.42. The quantitative estimate of drug-likeness (QED) is 0.612. The van der Waals surface area contributed by atoms with Crippen molar-refractivity contribution in [1.82, 2.24) is 10.2 Å². The summed E-state index contributed by atoms with van der Waals surface area (Å²) in [4.78, 5) is 13.7. The number of nitrogens with zero attached hydrogens (tertiary/aromatic N) is 1. The van der Waals surface area contributed by atoms with Crippen LogP contribution in [0, 0.1) is 0 Å². The minimum absolute atomic E-state index is 0.0394. The van der Waals surface area contributed by atoms with Gasteiger partial charge < -0.3 is 11.1 Å². The predicted molar refractivity (Wildman–Crippen MR) is 52.3 cm³/mol. The Bertz CT molecular complexity index is 184. The van der Waals surface area contributed by atoms with Gasteiger partial charge in [-0.1, -0.05) is 0 Å². The smallest absolute Gasteiger partial charge is 0.237 e. The van der Waals surface area contributed by atoms with Crippen LogP contribution in [0.15, 0.2) is 0 Å². The molecule has 1 aliphatic heterocycles. The van der Waals surface area contributed by atoms with Crippen molar-refractivity contribution < 1.29 is 4.79 Å². The molecule has 0 aliphatic carbocycles. The van der Waals surface area contributed by atoms with Gasteiger partial charge in [0.1, 0.15) is 0 Å². The molecule has 4 nitrogen and oxygen atoms in total. The third-order valence-corrected chi connectivity index (χ3v) is 2.79. The summed E-state index contributed by atoms with van der Waals surface area (Å²) >= 11 is 0.